The van der Waals surface area contributed by atoms with Gasteiger partial charge in [-0.2, -0.15) is 5.10 Å². The maximum atomic E-state index is 12.2. The number of alkyl halides is 1. The minimum absolute atomic E-state index is 0.158. The van der Waals surface area contributed by atoms with E-state index in [1.807, 2.05) is 38.1 Å². The van der Waals surface area contributed by atoms with Crippen molar-refractivity contribution in [1.82, 2.24) is 9.78 Å². The number of amides is 1. The van der Waals surface area contributed by atoms with Crippen molar-refractivity contribution in [2.45, 2.75) is 26.3 Å². The van der Waals surface area contributed by atoms with Gasteiger partial charge in [-0.05, 0) is 37.6 Å². The van der Waals surface area contributed by atoms with Crippen LogP contribution in [0.3, 0.4) is 0 Å². The first-order valence-electron chi connectivity index (χ1n) is 6.14. The second-order valence-corrected chi connectivity index (χ2v) is 4.54. The van der Waals surface area contributed by atoms with Gasteiger partial charge in [-0.25, -0.2) is 0 Å². The Morgan fingerprint density at radius 2 is 2.21 bits per heavy atom. The first-order valence-corrected chi connectivity index (χ1v) is 6.68. The predicted octanol–water partition coefficient (Wildman–Crippen LogP) is 3.20. The minimum Gasteiger partial charge on any atom is -0.321 e. The van der Waals surface area contributed by atoms with Gasteiger partial charge in [-0.3, -0.25) is 9.48 Å². The van der Waals surface area contributed by atoms with Crippen LogP contribution in [0.5, 0.6) is 0 Å². The first-order chi connectivity index (χ1) is 9.13. The molecule has 0 saturated heterocycles. The van der Waals surface area contributed by atoms with E-state index < -0.39 is 0 Å². The van der Waals surface area contributed by atoms with Crippen LogP contribution < -0.4 is 5.32 Å². The molecule has 2 aromatic rings. The van der Waals surface area contributed by atoms with Crippen LogP contribution in [0, 0.1) is 6.92 Å². The molecule has 19 heavy (non-hydrogen) atoms. The monoisotopic (exact) mass is 277 g/mol. The van der Waals surface area contributed by atoms with E-state index in [1.165, 1.54) is 0 Å². The fraction of sp³-hybridized carbons (Fsp3) is 0.286. The number of rotatable bonds is 4. The lowest BCUT2D eigenvalue weighted by atomic mass is 10.2. The molecule has 0 radical (unpaired) electrons. The van der Waals surface area contributed by atoms with Gasteiger partial charge < -0.3 is 5.32 Å². The number of aromatic nitrogens is 2. The molecule has 5 heteroatoms. The number of halogens is 1. The number of hydrogen-bond acceptors (Lipinski definition) is 2. The molecule has 100 valence electrons. The molecule has 0 bridgehead atoms. The Hall–Kier alpha value is -1.81. The largest absolute Gasteiger partial charge is 0.321 e. The highest BCUT2D eigenvalue weighted by Gasteiger charge is 2.13. The molecular formula is C14H16ClN3O. The molecule has 0 saturated carbocycles. The quantitative estimate of drug-likeness (QED) is 0.873. The summed E-state index contributed by atoms with van der Waals surface area (Å²) in [4.78, 5) is 12.2. The van der Waals surface area contributed by atoms with E-state index >= 15 is 0 Å². The molecule has 0 aliphatic heterocycles. The van der Waals surface area contributed by atoms with Crippen molar-refractivity contribution in [2.24, 2.45) is 0 Å². The maximum Gasteiger partial charge on any atom is 0.273 e. The molecule has 1 aromatic heterocycles. The Labute approximate surface area is 117 Å². The third kappa shape index (κ3) is 3.15. The lowest BCUT2D eigenvalue weighted by molar-refractivity contribution is 0.101. The molecule has 0 spiro atoms. The molecule has 2 rings (SSSR count). The van der Waals surface area contributed by atoms with Crippen LogP contribution in [-0.4, -0.2) is 15.7 Å². The van der Waals surface area contributed by atoms with Crippen LogP contribution in [0.2, 0.25) is 0 Å². The molecule has 1 aromatic carbocycles. The number of benzene rings is 1. The zero-order valence-electron chi connectivity index (χ0n) is 11.0. The second-order valence-electron chi connectivity index (χ2n) is 4.27. The van der Waals surface area contributed by atoms with Gasteiger partial charge in [0, 0.05) is 18.1 Å². The molecule has 0 fully saturated rings. The van der Waals surface area contributed by atoms with Gasteiger partial charge in [-0.15, -0.1) is 11.6 Å². The van der Waals surface area contributed by atoms with E-state index in [1.54, 1.807) is 10.7 Å². The van der Waals surface area contributed by atoms with Crippen LogP contribution in [0.25, 0.3) is 0 Å². The van der Waals surface area contributed by atoms with Crippen molar-refractivity contribution >= 4 is 23.2 Å². The van der Waals surface area contributed by atoms with Crippen molar-refractivity contribution in [1.29, 1.82) is 0 Å². The fourth-order valence-corrected chi connectivity index (χ4v) is 2.06. The van der Waals surface area contributed by atoms with Gasteiger partial charge in [0.1, 0.15) is 5.69 Å². The van der Waals surface area contributed by atoms with Crippen molar-refractivity contribution in [2.75, 3.05) is 5.32 Å². The predicted molar refractivity (Wildman–Crippen MR) is 76.6 cm³/mol. The smallest absolute Gasteiger partial charge is 0.273 e. The number of aryl methyl sites for hydroxylation is 2. The maximum absolute atomic E-state index is 12.2. The number of carbonyl (C=O) groups is 1. The highest BCUT2D eigenvalue weighted by molar-refractivity contribution is 6.17. The number of nitrogens with zero attached hydrogens (tertiary/aromatic N) is 2. The number of hydrogen-bond donors (Lipinski definition) is 1. The number of carbonyl (C=O) groups excluding carboxylic acids is 1. The summed E-state index contributed by atoms with van der Waals surface area (Å²) < 4.78 is 1.69. The Bertz CT molecular complexity index is 592. The van der Waals surface area contributed by atoms with Gasteiger partial charge in [0.2, 0.25) is 0 Å². The summed E-state index contributed by atoms with van der Waals surface area (Å²) >= 11 is 5.78. The van der Waals surface area contributed by atoms with Gasteiger partial charge >= 0.3 is 0 Å². The Kier molecular flexibility index (Phi) is 4.22. The van der Waals surface area contributed by atoms with E-state index in [9.17, 15) is 4.79 Å². The summed E-state index contributed by atoms with van der Waals surface area (Å²) in [5, 5.41) is 7.12. The van der Waals surface area contributed by atoms with Crippen molar-refractivity contribution in [3.8, 4) is 0 Å². The Morgan fingerprint density at radius 1 is 1.42 bits per heavy atom. The van der Waals surface area contributed by atoms with Crippen LogP contribution >= 0.6 is 11.6 Å². The third-order valence-corrected chi connectivity index (χ3v) is 3.08. The summed E-state index contributed by atoms with van der Waals surface area (Å²) in [6.45, 7) is 4.49. The van der Waals surface area contributed by atoms with Gasteiger partial charge in [-0.1, -0.05) is 12.1 Å². The van der Waals surface area contributed by atoms with Crippen molar-refractivity contribution in [3.63, 3.8) is 0 Å². The van der Waals surface area contributed by atoms with Crippen molar-refractivity contribution < 1.29 is 4.79 Å². The minimum atomic E-state index is -0.158. The van der Waals surface area contributed by atoms with Crippen molar-refractivity contribution in [3.05, 3.63) is 47.3 Å². The van der Waals surface area contributed by atoms with Crippen LogP contribution in [0.1, 0.15) is 28.7 Å². The highest BCUT2D eigenvalue weighted by Crippen LogP contribution is 2.14. The molecule has 0 aliphatic carbocycles. The first kappa shape index (κ1) is 13.6. The summed E-state index contributed by atoms with van der Waals surface area (Å²) in [5.41, 5.74) is 3.11. The number of nitrogens with one attached hydrogen (secondary N) is 1. The van der Waals surface area contributed by atoms with Crippen LogP contribution in [0.15, 0.2) is 30.3 Å². The zero-order chi connectivity index (χ0) is 13.8. The molecule has 0 atom stereocenters. The zero-order valence-corrected chi connectivity index (χ0v) is 11.7. The Balaban J connectivity index is 2.20. The molecule has 1 amide bonds. The third-order valence-electron chi connectivity index (χ3n) is 2.77. The van der Waals surface area contributed by atoms with Crippen LogP contribution in [-0.2, 0) is 12.4 Å². The molecule has 0 unspecified atom stereocenters. The van der Waals surface area contributed by atoms with E-state index in [0.29, 0.717) is 18.1 Å². The summed E-state index contributed by atoms with van der Waals surface area (Å²) in [6, 6.07) is 9.28. The molecule has 1 heterocycles. The molecule has 0 aliphatic rings. The van der Waals surface area contributed by atoms with Gasteiger partial charge in [0.05, 0.1) is 5.69 Å². The molecular weight excluding hydrogens is 262 g/mol. The second kappa shape index (κ2) is 5.89. The topological polar surface area (TPSA) is 46.9 Å². The lowest BCUT2D eigenvalue weighted by Crippen LogP contribution is -2.17. The lowest BCUT2D eigenvalue weighted by Gasteiger charge is -2.07. The normalized spacial score (nSPS) is 10.5. The summed E-state index contributed by atoms with van der Waals surface area (Å²) in [7, 11) is 0. The van der Waals surface area contributed by atoms with Gasteiger partial charge in [0.25, 0.3) is 5.91 Å². The summed E-state index contributed by atoms with van der Waals surface area (Å²) in [5.74, 6) is 0.268. The average Bonchev–Trinajstić information content (AvgIpc) is 2.80. The molecule has 1 N–H and O–H groups in total. The van der Waals surface area contributed by atoms with E-state index in [0.717, 1.165) is 16.9 Å². The van der Waals surface area contributed by atoms with E-state index in [2.05, 4.69) is 10.4 Å². The fourth-order valence-electron chi connectivity index (χ4n) is 1.90. The standard InChI is InChI=1S/C14H16ClN3O/c1-3-18-13(7-10(2)17-18)14(19)16-12-6-4-5-11(8-12)9-15/h4-8H,3,9H2,1-2H3,(H,16,19). The molecule has 4 nitrogen and oxygen atoms in total. The summed E-state index contributed by atoms with van der Waals surface area (Å²) in [6.07, 6.45) is 0. The Morgan fingerprint density at radius 3 is 2.89 bits per heavy atom. The SMILES string of the molecule is CCn1nc(C)cc1C(=O)Nc1cccc(CCl)c1. The number of anilines is 1. The van der Waals surface area contributed by atoms with E-state index in [4.69, 9.17) is 11.6 Å². The highest BCUT2D eigenvalue weighted by atomic mass is 35.5. The van der Waals surface area contributed by atoms with Crippen LogP contribution in [0.4, 0.5) is 5.69 Å². The van der Waals surface area contributed by atoms with E-state index in [-0.39, 0.29) is 5.91 Å². The average molecular weight is 278 g/mol. The van der Waals surface area contributed by atoms with Gasteiger partial charge in [0.15, 0.2) is 0 Å².